The number of hydrogen-bond acceptors (Lipinski definition) is 7. The van der Waals surface area contributed by atoms with E-state index in [1.165, 1.54) is 28.8 Å². The molecule has 0 saturated carbocycles. The number of piperidine rings is 1. The molecule has 1 fully saturated rings. The Morgan fingerprint density at radius 2 is 1.81 bits per heavy atom. The molecule has 11 heteroatoms. The lowest BCUT2D eigenvalue weighted by Gasteiger charge is -2.37. The van der Waals surface area contributed by atoms with Gasteiger partial charge in [0.25, 0.3) is 5.56 Å². The normalized spacial score (nSPS) is 16.4. The van der Waals surface area contributed by atoms with Crippen LogP contribution in [0.3, 0.4) is 0 Å². The number of fused-ring (bicyclic) bond motifs is 1. The Morgan fingerprint density at radius 3 is 2.48 bits per heavy atom. The predicted octanol–water partition coefficient (Wildman–Crippen LogP) is 5.22. The van der Waals surface area contributed by atoms with E-state index in [0.717, 1.165) is 11.3 Å². The number of likely N-dealkylation sites (tertiary alicyclic amines) is 1. The molecule has 1 amide bonds. The highest BCUT2D eigenvalue weighted by molar-refractivity contribution is 6.04. The number of oxime groups is 1. The smallest absolute Gasteiger partial charge is 0.410 e. The first kappa shape index (κ1) is 29.2. The number of amides is 1. The Bertz CT molecular complexity index is 1580. The zero-order valence-corrected chi connectivity index (χ0v) is 24.1. The van der Waals surface area contributed by atoms with E-state index in [1.807, 2.05) is 32.9 Å². The quantitative estimate of drug-likeness (QED) is 0.382. The van der Waals surface area contributed by atoms with Crippen LogP contribution in [0.4, 0.5) is 9.18 Å². The molecule has 1 saturated heterocycles. The second-order valence-corrected chi connectivity index (χ2v) is 11.9. The van der Waals surface area contributed by atoms with Crippen molar-refractivity contribution < 1.29 is 28.7 Å². The van der Waals surface area contributed by atoms with E-state index in [1.54, 1.807) is 11.0 Å². The molecule has 0 atom stereocenters. The maximum absolute atomic E-state index is 13.7. The first-order valence-corrected chi connectivity index (χ1v) is 14.2. The second kappa shape index (κ2) is 11.5. The summed E-state index contributed by atoms with van der Waals surface area (Å²) in [5, 5.41) is 13.8. The number of hydrogen-bond donors (Lipinski definition) is 1. The molecule has 0 radical (unpaired) electrons. The van der Waals surface area contributed by atoms with Crippen LogP contribution in [0.1, 0.15) is 70.7 Å². The number of carboxylic acid groups (broad SMARTS) is 1. The number of halogens is 1. The molecule has 1 N–H and O–H groups in total. The molecule has 0 unspecified atom stereocenters. The molecular formula is C31H35FN4O6. The van der Waals surface area contributed by atoms with E-state index in [2.05, 4.69) is 5.16 Å². The Hall–Kier alpha value is -4.28. The van der Waals surface area contributed by atoms with E-state index in [9.17, 15) is 18.8 Å². The highest BCUT2D eigenvalue weighted by Crippen LogP contribution is 2.37. The van der Waals surface area contributed by atoms with Crippen molar-refractivity contribution in [1.82, 2.24) is 14.5 Å². The van der Waals surface area contributed by atoms with Gasteiger partial charge in [-0.1, -0.05) is 11.2 Å². The van der Waals surface area contributed by atoms with Crippen molar-refractivity contribution in [2.24, 2.45) is 5.16 Å². The Balaban J connectivity index is 1.37. The van der Waals surface area contributed by atoms with Gasteiger partial charge in [0.05, 0.1) is 22.3 Å². The zero-order valence-electron chi connectivity index (χ0n) is 24.1. The van der Waals surface area contributed by atoms with Crippen molar-refractivity contribution in [2.45, 2.75) is 76.9 Å². The maximum atomic E-state index is 13.7. The molecule has 0 aliphatic carbocycles. The number of unbranched alkanes of at least 4 members (excludes halogenated alkanes) is 1. The minimum atomic E-state index is -0.880. The molecule has 2 aliphatic heterocycles. The number of aromatic nitrogens is 2. The molecule has 42 heavy (non-hydrogen) atoms. The second-order valence-electron chi connectivity index (χ2n) is 11.9. The van der Waals surface area contributed by atoms with Gasteiger partial charge in [0.1, 0.15) is 22.8 Å². The van der Waals surface area contributed by atoms with E-state index in [4.69, 9.17) is 19.7 Å². The van der Waals surface area contributed by atoms with Crippen LogP contribution >= 0.6 is 0 Å². The number of aliphatic carboxylic acids is 1. The van der Waals surface area contributed by atoms with Crippen molar-refractivity contribution in [3.8, 4) is 5.69 Å². The summed E-state index contributed by atoms with van der Waals surface area (Å²) in [7, 11) is 0. The molecule has 10 nitrogen and oxygen atoms in total. The van der Waals surface area contributed by atoms with Crippen molar-refractivity contribution >= 4 is 28.7 Å². The summed E-state index contributed by atoms with van der Waals surface area (Å²) < 4.78 is 20.6. The number of nitrogens with zero attached hydrogens (tertiary/aromatic N) is 4. The van der Waals surface area contributed by atoms with E-state index in [0.29, 0.717) is 74.0 Å². The van der Waals surface area contributed by atoms with Crippen LogP contribution in [0.25, 0.3) is 16.6 Å². The minimum Gasteiger partial charge on any atom is -0.481 e. The van der Waals surface area contributed by atoms with Crippen molar-refractivity contribution in [3.63, 3.8) is 0 Å². The average Bonchev–Trinajstić information content (AvgIpc) is 3.34. The van der Waals surface area contributed by atoms with Gasteiger partial charge in [0, 0.05) is 50.8 Å². The van der Waals surface area contributed by atoms with Gasteiger partial charge < -0.3 is 19.6 Å². The Labute approximate surface area is 242 Å². The van der Waals surface area contributed by atoms with Crippen molar-refractivity contribution in [3.05, 3.63) is 70.0 Å². The van der Waals surface area contributed by atoms with Crippen LogP contribution in [-0.2, 0) is 20.8 Å². The molecular weight excluding hydrogens is 543 g/mol. The molecule has 2 aromatic carbocycles. The third-order valence-electron chi connectivity index (χ3n) is 7.56. The minimum absolute atomic E-state index is 0.0234. The lowest BCUT2D eigenvalue weighted by atomic mass is 9.85. The number of rotatable bonds is 7. The fourth-order valence-electron chi connectivity index (χ4n) is 5.36. The highest BCUT2D eigenvalue weighted by atomic mass is 19.1. The molecule has 5 rings (SSSR count). The van der Waals surface area contributed by atoms with Crippen LogP contribution in [0.5, 0.6) is 0 Å². The van der Waals surface area contributed by atoms with Gasteiger partial charge in [-0.05, 0) is 70.0 Å². The van der Waals surface area contributed by atoms with Gasteiger partial charge in [-0.25, -0.2) is 14.2 Å². The SMILES string of the molecule is CC(C)(C)OC(=O)N1CCC2(CC1)CC(c1ccc3c(=O)n(-c4ccc(F)cc4)c(CCCCC(=O)O)nc3c1)=NO2. The molecule has 0 bridgehead atoms. The molecule has 3 aromatic rings. The zero-order chi connectivity index (χ0) is 30.1. The number of carboxylic acids is 1. The molecule has 2 aliphatic rings. The van der Waals surface area contributed by atoms with Crippen LogP contribution in [0.15, 0.2) is 52.4 Å². The summed E-state index contributed by atoms with van der Waals surface area (Å²) in [4.78, 5) is 49.6. The van der Waals surface area contributed by atoms with Gasteiger partial charge in [-0.15, -0.1) is 0 Å². The van der Waals surface area contributed by atoms with Crippen LogP contribution in [0.2, 0.25) is 0 Å². The third kappa shape index (κ3) is 6.45. The lowest BCUT2D eigenvalue weighted by molar-refractivity contribution is -0.137. The van der Waals surface area contributed by atoms with Crippen LogP contribution < -0.4 is 5.56 Å². The summed E-state index contributed by atoms with van der Waals surface area (Å²) in [5.41, 5.74) is 1.16. The van der Waals surface area contributed by atoms with Crippen LogP contribution in [0, 0.1) is 5.82 Å². The fourth-order valence-corrected chi connectivity index (χ4v) is 5.36. The molecule has 1 spiro atoms. The summed E-state index contributed by atoms with van der Waals surface area (Å²) in [6.07, 6.45) is 2.83. The first-order chi connectivity index (χ1) is 19.9. The summed E-state index contributed by atoms with van der Waals surface area (Å²) in [5.74, 6) is -0.826. The summed E-state index contributed by atoms with van der Waals surface area (Å²) >= 11 is 0. The Kier molecular flexibility index (Phi) is 8.03. The summed E-state index contributed by atoms with van der Waals surface area (Å²) in [6.45, 7) is 6.54. The van der Waals surface area contributed by atoms with Crippen molar-refractivity contribution in [2.75, 3.05) is 13.1 Å². The number of benzene rings is 2. The number of carbonyl (C=O) groups is 2. The molecule has 3 heterocycles. The highest BCUT2D eigenvalue weighted by Gasteiger charge is 2.43. The topological polar surface area (TPSA) is 123 Å². The van der Waals surface area contributed by atoms with Gasteiger partial charge >= 0.3 is 12.1 Å². The standard InChI is InChI=1S/C31H35FN4O6/c1-30(2,3)41-29(40)35-16-14-31(15-17-35)19-25(34-42-31)20-8-13-23-24(18-20)33-26(6-4-5-7-27(37)38)36(28(23)39)22-11-9-21(32)10-12-22/h8-13,18H,4-7,14-17,19H2,1-3H3,(H,37,38). The van der Waals surface area contributed by atoms with Gasteiger partial charge in [0.15, 0.2) is 0 Å². The predicted molar refractivity (Wildman–Crippen MR) is 154 cm³/mol. The van der Waals surface area contributed by atoms with E-state index in [-0.39, 0.29) is 18.1 Å². The average molecular weight is 579 g/mol. The number of ether oxygens (including phenoxy) is 1. The van der Waals surface area contributed by atoms with Gasteiger partial charge in [-0.3, -0.25) is 14.2 Å². The maximum Gasteiger partial charge on any atom is 0.410 e. The van der Waals surface area contributed by atoms with Crippen LogP contribution in [-0.4, -0.2) is 61.6 Å². The first-order valence-electron chi connectivity index (χ1n) is 14.2. The van der Waals surface area contributed by atoms with Gasteiger partial charge in [-0.2, -0.15) is 0 Å². The largest absolute Gasteiger partial charge is 0.481 e. The van der Waals surface area contributed by atoms with E-state index < -0.39 is 23.0 Å². The number of aryl methyl sites for hydroxylation is 1. The number of carbonyl (C=O) groups excluding carboxylic acids is 1. The monoisotopic (exact) mass is 578 g/mol. The van der Waals surface area contributed by atoms with Gasteiger partial charge in [0.2, 0.25) is 0 Å². The third-order valence-corrected chi connectivity index (χ3v) is 7.56. The fraction of sp³-hybridized carbons (Fsp3) is 0.452. The van der Waals surface area contributed by atoms with E-state index >= 15 is 0 Å². The van der Waals surface area contributed by atoms with Crippen molar-refractivity contribution in [1.29, 1.82) is 0 Å². The lowest BCUT2D eigenvalue weighted by Crippen LogP contribution is -2.48. The molecule has 1 aromatic heterocycles. The Morgan fingerprint density at radius 1 is 1.10 bits per heavy atom. The summed E-state index contributed by atoms with van der Waals surface area (Å²) in [6, 6.07) is 11.0. The molecule has 222 valence electrons.